The summed E-state index contributed by atoms with van der Waals surface area (Å²) in [5.74, 6) is 0. The normalized spacial score (nSPS) is 16.5. The van der Waals surface area contributed by atoms with E-state index in [1.165, 1.54) is 28.0 Å². The Morgan fingerprint density at radius 1 is 1.43 bits per heavy atom. The Balaban J connectivity index is 1.92. The van der Waals surface area contributed by atoms with Gasteiger partial charge in [0, 0.05) is 29.3 Å². The number of rotatable bonds is 5. The predicted octanol–water partition coefficient (Wildman–Crippen LogP) is 3.87. The van der Waals surface area contributed by atoms with Crippen LogP contribution in [-0.2, 0) is 6.54 Å². The van der Waals surface area contributed by atoms with E-state index in [1.54, 1.807) is 0 Å². The van der Waals surface area contributed by atoms with Crippen molar-refractivity contribution in [2.75, 3.05) is 11.9 Å². The van der Waals surface area contributed by atoms with E-state index in [4.69, 9.17) is 0 Å². The van der Waals surface area contributed by atoms with Crippen LogP contribution in [0.4, 0.5) is 0 Å². The van der Waals surface area contributed by atoms with Gasteiger partial charge >= 0.3 is 0 Å². The van der Waals surface area contributed by atoms with Gasteiger partial charge in [0.25, 0.3) is 0 Å². The molecule has 0 aromatic carbocycles. The van der Waals surface area contributed by atoms with E-state index < -0.39 is 0 Å². The summed E-state index contributed by atoms with van der Waals surface area (Å²) < 4.78 is 1.24. The Morgan fingerprint density at radius 3 is 2.71 bits per heavy atom. The molecular weight excluding hydrogens is 326 g/mol. The van der Waals surface area contributed by atoms with Gasteiger partial charge in [-0.1, -0.05) is 15.9 Å². The van der Waals surface area contributed by atoms with E-state index in [2.05, 4.69) is 48.9 Å². The van der Waals surface area contributed by atoms with Gasteiger partial charge in [-0.15, -0.1) is 11.3 Å². The van der Waals surface area contributed by atoms with Gasteiger partial charge < -0.3 is 0 Å². The first-order chi connectivity index (χ1) is 6.79. The van der Waals surface area contributed by atoms with Crippen LogP contribution < -0.4 is 0 Å². The molecule has 0 atom stereocenters. The molecule has 1 nitrogen and oxygen atoms in total. The second kappa shape index (κ2) is 5.10. The summed E-state index contributed by atoms with van der Waals surface area (Å²) >= 11 is 8.87. The van der Waals surface area contributed by atoms with E-state index in [-0.39, 0.29) is 0 Å². The van der Waals surface area contributed by atoms with Crippen molar-refractivity contribution in [2.45, 2.75) is 25.4 Å². The van der Waals surface area contributed by atoms with Crippen molar-refractivity contribution in [3.63, 3.8) is 0 Å². The minimum absolute atomic E-state index is 0.855. The molecule has 1 aliphatic rings. The summed E-state index contributed by atoms with van der Waals surface area (Å²) in [7, 11) is 0. The molecule has 0 amide bonds. The monoisotopic (exact) mass is 337 g/mol. The molecule has 0 aliphatic heterocycles. The Bertz CT molecular complexity index is 296. The number of halogens is 2. The van der Waals surface area contributed by atoms with Crippen LogP contribution in [0, 0.1) is 0 Å². The molecule has 1 aromatic rings. The summed E-state index contributed by atoms with van der Waals surface area (Å²) in [6.07, 6.45) is 2.78. The second-order valence-corrected chi connectivity index (χ2v) is 6.94. The maximum Gasteiger partial charge on any atom is 0.0701 e. The second-order valence-electron chi connectivity index (χ2n) is 3.60. The fourth-order valence-electron chi connectivity index (χ4n) is 1.58. The van der Waals surface area contributed by atoms with Gasteiger partial charge in [0.05, 0.1) is 3.79 Å². The van der Waals surface area contributed by atoms with Crippen molar-refractivity contribution in [1.82, 2.24) is 4.90 Å². The molecule has 1 saturated carbocycles. The highest BCUT2D eigenvalue weighted by Crippen LogP contribution is 2.30. The first-order valence-electron chi connectivity index (χ1n) is 4.84. The SMILES string of the molecule is BrCCN(Cc1ccc(Br)s1)C1CC1. The van der Waals surface area contributed by atoms with Crippen molar-refractivity contribution >= 4 is 43.2 Å². The van der Waals surface area contributed by atoms with Crippen LogP contribution in [0.2, 0.25) is 0 Å². The molecule has 78 valence electrons. The van der Waals surface area contributed by atoms with E-state index in [9.17, 15) is 0 Å². The smallest absolute Gasteiger partial charge is 0.0701 e. The molecule has 0 unspecified atom stereocenters. The first kappa shape index (κ1) is 11.1. The van der Waals surface area contributed by atoms with E-state index >= 15 is 0 Å². The van der Waals surface area contributed by atoms with Crippen molar-refractivity contribution in [1.29, 1.82) is 0 Å². The van der Waals surface area contributed by atoms with Gasteiger partial charge in [0.2, 0.25) is 0 Å². The standard InChI is InChI=1S/C10H13Br2NS/c11-5-6-13(8-1-2-8)7-9-3-4-10(12)14-9/h3-4,8H,1-2,5-7H2. The summed E-state index contributed by atoms with van der Waals surface area (Å²) in [6, 6.07) is 5.21. The average Bonchev–Trinajstić information content (AvgIpc) is 2.91. The molecule has 0 spiro atoms. The third kappa shape index (κ3) is 3.05. The Labute approximate surface area is 106 Å². The maximum atomic E-state index is 3.52. The molecule has 0 bridgehead atoms. The lowest BCUT2D eigenvalue weighted by Crippen LogP contribution is -2.26. The molecular formula is C10H13Br2NS. The van der Waals surface area contributed by atoms with Crippen LogP contribution in [0.5, 0.6) is 0 Å². The quantitative estimate of drug-likeness (QED) is 0.736. The minimum atomic E-state index is 0.855. The van der Waals surface area contributed by atoms with Crippen molar-refractivity contribution < 1.29 is 0 Å². The lowest BCUT2D eigenvalue weighted by Gasteiger charge is -2.19. The fraction of sp³-hybridized carbons (Fsp3) is 0.600. The Hall–Kier alpha value is 0.620. The van der Waals surface area contributed by atoms with E-state index in [0.29, 0.717) is 0 Å². The largest absolute Gasteiger partial charge is 0.294 e. The third-order valence-corrected chi connectivity index (χ3v) is 4.39. The fourth-order valence-corrected chi connectivity index (χ4v) is 3.54. The Morgan fingerprint density at radius 2 is 2.21 bits per heavy atom. The molecule has 1 aliphatic carbocycles. The predicted molar refractivity (Wildman–Crippen MR) is 69.2 cm³/mol. The zero-order valence-electron chi connectivity index (χ0n) is 7.88. The molecule has 4 heteroatoms. The van der Waals surface area contributed by atoms with Gasteiger partial charge in [-0.05, 0) is 40.9 Å². The zero-order chi connectivity index (χ0) is 9.97. The molecule has 0 N–H and O–H groups in total. The van der Waals surface area contributed by atoms with Crippen LogP contribution >= 0.6 is 43.2 Å². The van der Waals surface area contributed by atoms with Crippen molar-refractivity contribution in [3.05, 3.63) is 20.8 Å². The highest BCUT2D eigenvalue weighted by Gasteiger charge is 2.28. The van der Waals surface area contributed by atoms with Gasteiger partial charge in [-0.2, -0.15) is 0 Å². The Kier molecular flexibility index (Phi) is 4.05. The topological polar surface area (TPSA) is 3.24 Å². The first-order valence-corrected chi connectivity index (χ1v) is 7.57. The summed E-state index contributed by atoms with van der Waals surface area (Å²) in [6.45, 7) is 2.28. The molecule has 0 radical (unpaired) electrons. The van der Waals surface area contributed by atoms with E-state index in [1.807, 2.05) is 11.3 Å². The average molecular weight is 339 g/mol. The number of nitrogens with zero attached hydrogens (tertiary/aromatic N) is 1. The number of alkyl halides is 1. The van der Waals surface area contributed by atoms with Crippen molar-refractivity contribution in [3.8, 4) is 0 Å². The molecule has 1 heterocycles. The van der Waals surface area contributed by atoms with Crippen LogP contribution in [-0.4, -0.2) is 22.8 Å². The van der Waals surface area contributed by atoms with E-state index in [0.717, 1.165) is 17.9 Å². The van der Waals surface area contributed by atoms with Gasteiger partial charge in [0.15, 0.2) is 0 Å². The van der Waals surface area contributed by atoms with Gasteiger partial charge in [-0.25, -0.2) is 0 Å². The lowest BCUT2D eigenvalue weighted by atomic mass is 10.4. The zero-order valence-corrected chi connectivity index (χ0v) is 11.9. The summed E-state index contributed by atoms with van der Waals surface area (Å²) in [4.78, 5) is 4.04. The maximum absolute atomic E-state index is 3.52. The molecule has 1 aromatic heterocycles. The minimum Gasteiger partial charge on any atom is -0.294 e. The molecule has 0 saturated heterocycles. The number of thiophene rings is 1. The van der Waals surface area contributed by atoms with Gasteiger partial charge in [-0.3, -0.25) is 4.90 Å². The third-order valence-electron chi connectivity index (χ3n) is 2.42. The number of hydrogen-bond donors (Lipinski definition) is 0. The molecule has 2 rings (SSSR count). The van der Waals surface area contributed by atoms with Crippen LogP contribution in [0.1, 0.15) is 17.7 Å². The highest BCUT2D eigenvalue weighted by atomic mass is 79.9. The van der Waals surface area contributed by atoms with Crippen LogP contribution in [0.25, 0.3) is 0 Å². The molecule has 14 heavy (non-hydrogen) atoms. The summed E-state index contributed by atoms with van der Waals surface area (Å²) in [5, 5.41) is 1.08. The summed E-state index contributed by atoms with van der Waals surface area (Å²) in [5.41, 5.74) is 0. The van der Waals surface area contributed by atoms with Crippen molar-refractivity contribution in [2.24, 2.45) is 0 Å². The van der Waals surface area contributed by atoms with Gasteiger partial charge in [0.1, 0.15) is 0 Å². The van der Waals surface area contributed by atoms with Crippen LogP contribution in [0.15, 0.2) is 15.9 Å². The molecule has 1 fully saturated rings. The van der Waals surface area contributed by atoms with Crippen LogP contribution in [0.3, 0.4) is 0 Å². The highest BCUT2D eigenvalue weighted by molar-refractivity contribution is 9.11. The lowest BCUT2D eigenvalue weighted by molar-refractivity contribution is 0.275. The number of hydrogen-bond acceptors (Lipinski definition) is 2.